The standard InChI is InChI=1S/C34H32N2O/c1-21-19-26-31(32-30(21)24-12-6-8-15-29(24)37-32)28-17-16-22(33(2,3)4)20-36(28)34(26)25-13-7-5-11-23(25)27-14-9-10-18-35(27)34/h5,7,9-11,13-14,16-20H,6,8,12,15H2,1-4H3/q+2. The summed E-state index contributed by atoms with van der Waals surface area (Å²) in [5, 5.41) is 1.35. The Labute approximate surface area is 218 Å². The number of furan rings is 1. The number of benzene rings is 2. The number of hydrogen-bond donors (Lipinski definition) is 0. The van der Waals surface area contributed by atoms with Gasteiger partial charge in [0.05, 0.1) is 5.56 Å². The van der Waals surface area contributed by atoms with Gasteiger partial charge in [-0.2, -0.15) is 0 Å². The Morgan fingerprint density at radius 1 is 0.838 bits per heavy atom. The molecule has 0 amide bonds. The largest absolute Gasteiger partial charge is 0.460 e. The van der Waals surface area contributed by atoms with Crippen LogP contribution in [0.1, 0.15) is 67.2 Å². The van der Waals surface area contributed by atoms with E-state index in [1.807, 2.05) is 0 Å². The lowest BCUT2D eigenvalue weighted by Gasteiger charge is -2.21. The fourth-order valence-corrected chi connectivity index (χ4v) is 7.32. The van der Waals surface area contributed by atoms with E-state index in [4.69, 9.17) is 4.42 Å². The maximum Gasteiger partial charge on any atom is 0.417 e. The van der Waals surface area contributed by atoms with Crippen LogP contribution in [0.4, 0.5) is 0 Å². The number of aromatic nitrogens is 2. The molecule has 0 N–H and O–H groups in total. The first-order valence-electron chi connectivity index (χ1n) is 13.7. The molecule has 0 saturated carbocycles. The van der Waals surface area contributed by atoms with Crippen LogP contribution in [0.2, 0.25) is 0 Å². The SMILES string of the molecule is Cc1cc2c(c3oc4c(c13)CCCC4)-c1ccc(C(C)(C)C)c[n+]1C21c2ccccc2-c2cccc[n+]21. The lowest BCUT2D eigenvalue weighted by molar-refractivity contribution is -0.955. The third kappa shape index (κ3) is 2.52. The molecule has 0 saturated heterocycles. The number of hydrogen-bond acceptors (Lipinski definition) is 1. The molecule has 0 radical (unpaired) electrons. The van der Waals surface area contributed by atoms with Crippen molar-refractivity contribution in [2.45, 2.75) is 64.5 Å². The van der Waals surface area contributed by atoms with E-state index in [1.54, 1.807) is 0 Å². The van der Waals surface area contributed by atoms with Gasteiger partial charge in [0.1, 0.15) is 28.0 Å². The summed E-state index contributed by atoms with van der Waals surface area (Å²) in [4.78, 5) is 0. The lowest BCUT2D eigenvalue weighted by atomic mass is 9.86. The summed E-state index contributed by atoms with van der Waals surface area (Å²) in [6.45, 7) is 9.19. The van der Waals surface area contributed by atoms with Crippen LogP contribution in [0.5, 0.6) is 0 Å². The average Bonchev–Trinajstić information content (AvgIpc) is 3.52. The van der Waals surface area contributed by atoms with Gasteiger partial charge in [0.15, 0.2) is 12.4 Å². The van der Waals surface area contributed by atoms with Crippen LogP contribution in [0.25, 0.3) is 33.5 Å². The molecular weight excluding hydrogens is 452 g/mol. The number of aryl methyl sites for hydroxylation is 3. The maximum atomic E-state index is 6.82. The second kappa shape index (κ2) is 6.98. The van der Waals surface area contributed by atoms with Crippen molar-refractivity contribution >= 4 is 11.0 Å². The predicted molar refractivity (Wildman–Crippen MR) is 146 cm³/mol. The Bertz CT molecular complexity index is 1740. The summed E-state index contributed by atoms with van der Waals surface area (Å²) in [5.41, 5.74) is 12.4. The Balaban J connectivity index is 1.59. The highest BCUT2D eigenvalue weighted by molar-refractivity contribution is 5.99. The molecule has 3 heteroatoms. The van der Waals surface area contributed by atoms with Gasteiger partial charge in [-0.1, -0.05) is 32.9 Å². The van der Waals surface area contributed by atoms with E-state index < -0.39 is 5.66 Å². The summed E-state index contributed by atoms with van der Waals surface area (Å²) in [7, 11) is 0. The van der Waals surface area contributed by atoms with Gasteiger partial charge < -0.3 is 4.42 Å². The van der Waals surface area contributed by atoms with Crippen LogP contribution in [0.15, 0.2) is 77.5 Å². The molecule has 2 aliphatic heterocycles. The van der Waals surface area contributed by atoms with Crippen molar-refractivity contribution in [3.63, 3.8) is 0 Å². The van der Waals surface area contributed by atoms with Gasteiger partial charge in [-0.05, 0) is 67.5 Å². The first-order valence-corrected chi connectivity index (χ1v) is 13.7. The van der Waals surface area contributed by atoms with Gasteiger partial charge >= 0.3 is 5.66 Å². The van der Waals surface area contributed by atoms with Crippen molar-refractivity contribution in [1.29, 1.82) is 0 Å². The minimum absolute atomic E-state index is 0.0370. The molecule has 1 unspecified atom stereocenters. The summed E-state index contributed by atoms with van der Waals surface area (Å²) < 4.78 is 11.9. The lowest BCUT2D eigenvalue weighted by Crippen LogP contribution is -2.71. The van der Waals surface area contributed by atoms with Crippen LogP contribution in [0, 0.1) is 6.92 Å². The van der Waals surface area contributed by atoms with E-state index in [0.717, 1.165) is 18.4 Å². The van der Waals surface area contributed by atoms with E-state index in [-0.39, 0.29) is 5.41 Å². The number of pyridine rings is 2. The third-order valence-corrected chi connectivity index (χ3v) is 9.00. The quantitative estimate of drug-likeness (QED) is 0.218. The van der Waals surface area contributed by atoms with Gasteiger partial charge in [0.2, 0.25) is 11.4 Å². The number of rotatable bonds is 0. The minimum atomic E-state index is -0.495. The third-order valence-electron chi connectivity index (χ3n) is 9.00. The molecule has 5 heterocycles. The van der Waals surface area contributed by atoms with E-state index in [1.165, 1.54) is 74.3 Å². The van der Waals surface area contributed by atoms with E-state index >= 15 is 0 Å². The van der Waals surface area contributed by atoms with Crippen molar-refractivity contribution in [1.82, 2.24) is 0 Å². The topological polar surface area (TPSA) is 20.9 Å². The first kappa shape index (κ1) is 21.4. The summed E-state index contributed by atoms with van der Waals surface area (Å²) in [6.07, 6.45) is 9.31. The fourth-order valence-electron chi connectivity index (χ4n) is 7.32. The van der Waals surface area contributed by atoms with E-state index in [2.05, 4.69) is 110 Å². The summed E-state index contributed by atoms with van der Waals surface area (Å²) in [6, 6.07) is 22.7. The van der Waals surface area contributed by atoms with Crippen molar-refractivity contribution in [2.75, 3.05) is 0 Å². The zero-order valence-corrected chi connectivity index (χ0v) is 22.1. The van der Waals surface area contributed by atoms with Gasteiger partial charge in [0, 0.05) is 41.1 Å². The summed E-state index contributed by atoms with van der Waals surface area (Å²) >= 11 is 0. The Morgan fingerprint density at radius 2 is 1.65 bits per heavy atom. The Kier molecular flexibility index (Phi) is 4.03. The highest BCUT2D eigenvalue weighted by atomic mass is 16.3. The molecule has 8 rings (SSSR count). The molecule has 37 heavy (non-hydrogen) atoms. The van der Waals surface area contributed by atoms with Crippen LogP contribution in [-0.4, -0.2) is 0 Å². The minimum Gasteiger partial charge on any atom is -0.460 e. The first-order chi connectivity index (χ1) is 17.9. The van der Waals surface area contributed by atoms with Crippen LogP contribution >= 0.6 is 0 Å². The molecule has 0 fully saturated rings. The van der Waals surface area contributed by atoms with E-state index in [0.29, 0.717) is 0 Å². The molecule has 3 aromatic heterocycles. The number of nitrogens with zero attached hydrogens (tertiary/aromatic N) is 2. The zero-order chi connectivity index (χ0) is 25.1. The van der Waals surface area contributed by atoms with Crippen LogP contribution < -0.4 is 9.13 Å². The maximum absolute atomic E-state index is 6.82. The fraction of sp³-hybridized carbons (Fsp3) is 0.294. The van der Waals surface area contributed by atoms with Gasteiger partial charge in [-0.25, -0.2) is 0 Å². The van der Waals surface area contributed by atoms with Crippen LogP contribution in [0.3, 0.4) is 0 Å². The molecule has 182 valence electrons. The molecular formula is C34H32N2O+2. The highest BCUT2D eigenvalue weighted by Crippen LogP contribution is 2.51. The van der Waals surface area contributed by atoms with Gasteiger partial charge in [-0.15, -0.1) is 9.13 Å². The molecule has 5 aromatic rings. The Morgan fingerprint density at radius 3 is 2.51 bits per heavy atom. The molecule has 1 spiro atoms. The zero-order valence-electron chi connectivity index (χ0n) is 22.1. The molecule has 2 aromatic carbocycles. The molecule has 1 aliphatic carbocycles. The Hall–Kier alpha value is -3.72. The monoisotopic (exact) mass is 484 g/mol. The van der Waals surface area contributed by atoms with Crippen molar-refractivity contribution in [3.8, 4) is 22.5 Å². The average molecular weight is 485 g/mol. The highest BCUT2D eigenvalue weighted by Gasteiger charge is 2.67. The van der Waals surface area contributed by atoms with Gasteiger partial charge in [0.25, 0.3) is 0 Å². The summed E-state index contributed by atoms with van der Waals surface area (Å²) in [5.74, 6) is 1.21. The van der Waals surface area contributed by atoms with Crippen molar-refractivity contribution in [3.05, 3.63) is 107 Å². The molecule has 0 bridgehead atoms. The smallest absolute Gasteiger partial charge is 0.417 e. The number of fused-ring (bicyclic) bond motifs is 14. The second-order valence-electron chi connectivity index (χ2n) is 12.1. The molecule has 3 nitrogen and oxygen atoms in total. The second-order valence-corrected chi connectivity index (χ2v) is 12.1. The van der Waals surface area contributed by atoms with Gasteiger partial charge in [-0.3, -0.25) is 0 Å². The predicted octanol–water partition coefficient (Wildman–Crippen LogP) is 6.75. The van der Waals surface area contributed by atoms with Crippen molar-refractivity contribution < 1.29 is 13.6 Å². The molecule has 1 atom stereocenters. The van der Waals surface area contributed by atoms with E-state index in [9.17, 15) is 0 Å². The van der Waals surface area contributed by atoms with Crippen LogP contribution in [-0.2, 0) is 23.9 Å². The van der Waals surface area contributed by atoms with Crippen molar-refractivity contribution in [2.24, 2.45) is 0 Å². The molecule has 3 aliphatic rings. The normalized spacial score (nSPS) is 19.0.